The van der Waals surface area contributed by atoms with Crippen LogP contribution in [0.1, 0.15) is 18.1 Å². The first-order valence-corrected chi connectivity index (χ1v) is 6.33. The number of fused-ring (bicyclic) bond motifs is 1. The first-order chi connectivity index (χ1) is 9.20. The van der Waals surface area contributed by atoms with E-state index in [1.165, 1.54) is 12.1 Å². The molecule has 0 aliphatic carbocycles. The van der Waals surface area contributed by atoms with Crippen LogP contribution in [0.3, 0.4) is 0 Å². The second-order valence-electron chi connectivity index (χ2n) is 4.86. The van der Waals surface area contributed by atoms with Crippen LogP contribution in [0.15, 0.2) is 36.5 Å². The quantitative estimate of drug-likeness (QED) is 0.899. The molecule has 3 nitrogen and oxygen atoms in total. The van der Waals surface area contributed by atoms with E-state index in [2.05, 4.69) is 17.2 Å². The number of anilines is 1. The van der Waals surface area contributed by atoms with Crippen molar-refractivity contribution in [3.8, 4) is 5.88 Å². The zero-order valence-electron chi connectivity index (χ0n) is 10.7. The van der Waals surface area contributed by atoms with Crippen LogP contribution in [0, 0.1) is 5.82 Å². The van der Waals surface area contributed by atoms with Crippen LogP contribution < -0.4 is 10.1 Å². The molecule has 0 saturated heterocycles. The summed E-state index contributed by atoms with van der Waals surface area (Å²) in [6, 6.07) is 8.87. The van der Waals surface area contributed by atoms with E-state index < -0.39 is 0 Å². The molecule has 0 unspecified atom stereocenters. The lowest BCUT2D eigenvalue weighted by Gasteiger charge is -2.24. The van der Waals surface area contributed by atoms with Gasteiger partial charge in [-0.3, -0.25) is 0 Å². The molecule has 1 N–H and O–H groups in total. The van der Waals surface area contributed by atoms with Crippen LogP contribution in [0.5, 0.6) is 5.88 Å². The van der Waals surface area contributed by atoms with Gasteiger partial charge in [-0.05, 0) is 42.7 Å². The van der Waals surface area contributed by atoms with Gasteiger partial charge in [0, 0.05) is 6.20 Å². The summed E-state index contributed by atoms with van der Waals surface area (Å²) < 4.78 is 18.4. The number of nitrogens with one attached hydrogen (secondary N) is 1. The summed E-state index contributed by atoms with van der Waals surface area (Å²) in [6.45, 7) is 2.70. The molecule has 2 aromatic rings. The van der Waals surface area contributed by atoms with Gasteiger partial charge in [-0.1, -0.05) is 12.1 Å². The molecule has 0 bridgehead atoms. The molecule has 3 rings (SSSR count). The highest BCUT2D eigenvalue weighted by Gasteiger charge is 2.16. The number of hydrogen-bond donors (Lipinski definition) is 1. The smallest absolute Gasteiger partial charge is 0.237 e. The minimum Gasteiger partial charge on any atom is -0.474 e. The molecular weight excluding hydrogens is 243 g/mol. The molecule has 1 aliphatic heterocycles. The highest BCUT2D eigenvalue weighted by atomic mass is 19.1. The van der Waals surface area contributed by atoms with Crippen LogP contribution in [0.2, 0.25) is 0 Å². The average molecular weight is 258 g/mol. The Balaban J connectivity index is 1.82. The summed E-state index contributed by atoms with van der Waals surface area (Å²) in [5.74, 6) is 0.442. The fraction of sp³-hybridized carbons (Fsp3) is 0.267. The first kappa shape index (κ1) is 12.0. The maximum atomic E-state index is 12.9. The van der Waals surface area contributed by atoms with E-state index >= 15 is 0 Å². The van der Waals surface area contributed by atoms with Gasteiger partial charge < -0.3 is 10.1 Å². The van der Waals surface area contributed by atoms with Gasteiger partial charge in [-0.15, -0.1) is 0 Å². The number of pyridine rings is 1. The van der Waals surface area contributed by atoms with Crippen molar-refractivity contribution < 1.29 is 9.13 Å². The summed E-state index contributed by atoms with van der Waals surface area (Å²) in [4.78, 5) is 4.31. The molecule has 0 radical (unpaired) electrons. The molecule has 19 heavy (non-hydrogen) atoms. The molecule has 0 fully saturated rings. The van der Waals surface area contributed by atoms with Crippen molar-refractivity contribution in [3.05, 3.63) is 53.5 Å². The van der Waals surface area contributed by atoms with Crippen molar-refractivity contribution in [2.45, 2.75) is 19.4 Å². The summed E-state index contributed by atoms with van der Waals surface area (Å²) >= 11 is 0. The van der Waals surface area contributed by atoms with Crippen LogP contribution in [0.25, 0.3) is 0 Å². The Morgan fingerprint density at radius 1 is 1.32 bits per heavy atom. The summed E-state index contributed by atoms with van der Waals surface area (Å²) in [7, 11) is 0. The van der Waals surface area contributed by atoms with Gasteiger partial charge in [0.15, 0.2) is 0 Å². The lowest BCUT2D eigenvalue weighted by molar-refractivity contribution is 0.280. The van der Waals surface area contributed by atoms with Crippen LogP contribution in [-0.2, 0) is 6.42 Å². The van der Waals surface area contributed by atoms with E-state index in [-0.39, 0.29) is 11.9 Å². The van der Waals surface area contributed by atoms with E-state index in [0.717, 1.165) is 23.2 Å². The zero-order valence-corrected chi connectivity index (χ0v) is 10.7. The Bertz CT molecular complexity index is 583. The van der Waals surface area contributed by atoms with Crippen molar-refractivity contribution in [2.75, 3.05) is 11.9 Å². The Kier molecular flexibility index (Phi) is 3.07. The normalized spacial score (nSPS) is 17.3. The number of aromatic nitrogens is 1. The molecule has 1 aliphatic rings. The van der Waals surface area contributed by atoms with E-state index in [1.54, 1.807) is 18.3 Å². The highest BCUT2D eigenvalue weighted by Crippen LogP contribution is 2.27. The predicted molar refractivity (Wildman–Crippen MR) is 72.0 cm³/mol. The van der Waals surface area contributed by atoms with Crippen LogP contribution in [0.4, 0.5) is 10.1 Å². The zero-order chi connectivity index (χ0) is 13.2. The second-order valence-corrected chi connectivity index (χ2v) is 4.86. The SMILES string of the molecule is C[C@H]1COc2ncc(Cc3ccc(F)cc3)cc2N1. The van der Waals surface area contributed by atoms with E-state index in [1.807, 2.05) is 6.07 Å². The van der Waals surface area contributed by atoms with Gasteiger partial charge in [-0.2, -0.15) is 0 Å². The topological polar surface area (TPSA) is 34.1 Å². The number of rotatable bonds is 2. The lowest BCUT2D eigenvalue weighted by Crippen LogP contribution is -2.28. The van der Waals surface area contributed by atoms with Gasteiger partial charge in [-0.25, -0.2) is 9.37 Å². The van der Waals surface area contributed by atoms with Gasteiger partial charge in [0.25, 0.3) is 0 Å². The fourth-order valence-electron chi connectivity index (χ4n) is 2.16. The number of benzene rings is 1. The fourth-order valence-corrected chi connectivity index (χ4v) is 2.16. The minimum atomic E-state index is -0.212. The molecular formula is C15H15FN2O. The van der Waals surface area contributed by atoms with E-state index in [4.69, 9.17) is 4.74 Å². The highest BCUT2D eigenvalue weighted by molar-refractivity contribution is 5.56. The molecule has 1 aromatic carbocycles. The van der Waals surface area contributed by atoms with Crippen molar-refractivity contribution in [3.63, 3.8) is 0 Å². The molecule has 98 valence electrons. The van der Waals surface area contributed by atoms with Crippen molar-refractivity contribution >= 4 is 5.69 Å². The summed E-state index contributed by atoms with van der Waals surface area (Å²) in [6.07, 6.45) is 2.54. The number of hydrogen-bond acceptors (Lipinski definition) is 3. The monoisotopic (exact) mass is 258 g/mol. The predicted octanol–water partition coefficient (Wildman–Crippen LogP) is 3.00. The standard InChI is InChI=1S/C15H15FN2O/c1-10-9-19-15-14(18-10)7-12(8-17-15)6-11-2-4-13(16)5-3-11/h2-5,7-8,10,18H,6,9H2,1H3/t10-/m0/s1. The van der Waals surface area contributed by atoms with Gasteiger partial charge in [0.05, 0.1) is 11.7 Å². The minimum absolute atomic E-state index is 0.212. The summed E-state index contributed by atoms with van der Waals surface area (Å²) in [5.41, 5.74) is 3.07. The largest absolute Gasteiger partial charge is 0.474 e. The van der Waals surface area contributed by atoms with Gasteiger partial charge in [0.2, 0.25) is 5.88 Å². The third-order valence-electron chi connectivity index (χ3n) is 3.10. The number of ether oxygens (including phenoxy) is 1. The maximum absolute atomic E-state index is 12.9. The molecule has 2 heterocycles. The molecule has 1 aromatic heterocycles. The Labute approximate surface area is 111 Å². The first-order valence-electron chi connectivity index (χ1n) is 6.33. The molecule has 0 amide bonds. The molecule has 4 heteroatoms. The molecule has 1 atom stereocenters. The van der Waals surface area contributed by atoms with Gasteiger partial charge >= 0.3 is 0 Å². The third kappa shape index (κ3) is 2.67. The van der Waals surface area contributed by atoms with E-state index in [9.17, 15) is 4.39 Å². The number of nitrogens with zero attached hydrogens (tertiary/aromatic N) is 1. The number of halogens is 1. The maximum Gasteiger partial charge on any atom is 0.237 e. The van der Waals surface area contributed by atoms with Crippen molar-refractivity contribution in [1.29, 1.82) is 0 Å². The average Bonchev–Trinajstić information content (AvgIpc) is 2.41. The van der Waals surface area contributed by atoms with Crippen LogP contribution in [-0.4, -0.2) is 17.6 Å². The third-order valence-corrected chi connectivity index (χ3v) is 3.10. The van der Waals surface area contributed by atoms with Gasteiger partial charge in [0.1, 0.15) is 12.4 Å². The molecule has 0 saturated carbocycles. The van der Waals surface area contributed by atoms with E-state index in [0.29, 0.717) is 12.5 Å². The summed E-state index contributed by atoms with van der Waals surface area (Å²) in [5, 5.41) is 3.35. The Morgan fingerprint density at radius 2 is 2.11 bits per heavy atom. The Hall–Kier alpha value is -2.10. The van der Waals surface area contributed by atoms with Crippen molar-refractivity contribution in [2.24, 2.45) is 0 Å². The molecule has 0 spiro atoms. The second kappa shape index (κ2) is 4.88. The van der Waals surface area contributed by atoms with Crippen LogP contribution >= 0.6 is 0 Å². The van der Waals surface area contributed by atoms with Crippen molar-refractivity contribution in [1.82, 2.24) is 4.98 Å². The Morgan fingerprint density at radius 3 is 2.89 bits per heavy atom. The lowest BCUT2D eigenvalue weighted by atomic mass is 10.1.